The zero-order valence-corrected chi connectivity index (χ0v) is 16.1. The Bertz CT molecular complexity index is 1080. The number of rotatable bonds is 7. The summed E-state index contributed by atoms with van der Waals surface area (Å²) < 4.78 is 29.6. The van der Waals surface area contributed by atoms with Crippen LogP contribution in [0.15, 0.2) is 62.6 Å². The van der Waals surface area contributed by atoms with E-state index in [1.54, 1.807) is 22.8 Å². The summed E-state index contributed by atoms with van der Waals surface area (Å²) in [7, 11) is -1.69. The molecule has 0 spiro atoms. The van der Waals surface area contributed by atoms with Gasteiger partial charge in [-0.25, -0.2) is 18.4 Å². The zero-order chi connectivity index (χ0) is 19.6. The van der Waals surface area contributed by atoms with Gasteiger partial charge in [-0.2, -0.15) is 0 Å². The number of sulfonamides is 1. The van der Waals surface area contributed by atoms with Crippen molar-refractivity contribution in [3.05, 3.63) is 64.6 Å². The monoisotopic (exact) mass is 389 g/mol. The fraction of sp³-hybridized carbons (Fsp3) is 0.316. The van der Waals surface area contributed by atoms with Crippen LogP contribution in [0.3, 0.4) is 0 Å². The van der Waals surface area contributed by atoms with Crippen LogP contribution in [0.25, 0.3) is 11.1 Å². The maximum Gasteiger partial charge on any atom is 0.419 e. The van der Waals surface area contributed by atoms with Crippen molar-refractivity contribution in [2.45, 2.75) is 30.8 Å². The molecular formula is C19H23N3O4S. The Morgan fingerprint density at radius 1 is 1.15 bits per heavy atom. The van der Waals surface area contributed by atoms with Crippen LogP contribution < -0.4 is 10.9 Å². The van der Waals surface area contributed by atoms with Crippen molar-refractivity contribution in [2.24, 2.45) is 5.14 Å². The SMILES string of the molecule is CC(c1ccc(S(N)(=O)=O)cc1)N(C)CCCn1c(=O)oc2ccccc21. The largest absolute Gasteiger partial charge is 0.419 e. The summed E-state index contributed by atoms with van der Waals surface area (Å²) in [6.45, 7) is 3.38. The van der Waals surface area contributed by atoms with Crippen molar-refractivity contribution in [2.75, 3.05) is 13.6 Å². The number of para-hydroxylation sites is 2. The molecule has 1 unspecified atom stereocenters. The van der Waals surface area contributed by atoms with Gasteiger partial charge in [-0.3, -0.25) is 9.47 Å². The van der Waals surface area contributed by atoms with Gasteiger partial charge in [0.25, 0.3) is 0 Å². The fourth-order valence-electron chi connectivity index (χ4n) is 3.09. The number of oxazole rings is 1. The standard InChI is InChI=1S/C19H23N3O4S/c1-14(15-8-10-16(11-9-15)27(20,24)25)21(2)12-5-13-22-17-6-3-4-7-18(17)26-19(22)23/h3-4,6-11,14H,5,12-13H2,1-2H3,(H2,20,24,25). The van der Waals surface area contributed by atoms with Crippen molar-refractivity contribution in [3.8, 4) is 0 Å². The fourth-order valence-corrected chi connectivity index (χ4v) is 3.60. The van der Waals surface area contributed by atoms with Gasteiger partial charge in [0.1, 0.15) is 0 Å². The Hall–Kier alpha value is -2.42. The van der Waals surface area contributed by atoms with E-state index in [0.717, 1.165) is 24.0 Å². The van der Waals surface area contributed by atoms with Crippen molar-refractivity contribution in [1.82, 2.24) is 9.47 Å². The minimum atomic E-state index is -3.68. The average Bonchev–Trinajstić information content (AvgIpc) is 2.96. The van der Waals surface area contributed by atoms with E-state index in [1.165, 1.54) is 12.1 Å². The molecule has 1 aromatic heterocycles. The minimum Gasteiger partial charge on any atom is -0.408 e. The van der Waals surface area contributed by atoms with Gasteiger partial charge >= 0.3 is 5.76 Å². The molecule has 0 aliphatic rings. The van der Waals surface area contributed by atoms with E-state index in [0.29, 0.717) is 12.1 Å². The summed E-state index contributed by atoms with van der Waals surface area (Å²) in [4.78, 5) is 14.3. The number of aryl methyl sites for hydroxylation is 1. The first kappa shape index (κ1) is 19.3. The highest BCUT2D eigenvalue weighted by Crippen LogP contribution is 2.21. The Balaban J connectivity index is 1.62. The van der Waals surface area contributed by atoms with E-state index in [2.05, 4.69) is 4.90 Å². The maximum absolute atomic E-state index is 12.0. The molecular weight excluding hydrogens is 366 g/mol. The normalized spacial score (nSPS) is 13.3. The molecule has 3 aromatic rings. The molecule has 0 radical (unpaired) electrons. The third-order valence-electron chi connectivity index (χ3n) is 4.82. The van der Waals surface area contributed by atoms with E-state index in [4.69, 9.17) is 9.56 Å². The third kappa shape index (κ3) is 4.29. The first-order valence-electron chi connectivity index (χ1n) is 8.69. The van der Waals surface area contributed by atoms with Crippen LogP contribution in [0.1, 0.15) is 24.9 Å². The predicted octanol–water partition coefficient (Wildman–Crippen LogP) is 2.33. The first-order chi connectivity index (χ1) is 12.8. The lowest BCUT2D eigenvalue weighted by Crippen LogP contribution is -2.25. The summed E-state index contributed by atoms with van der Waals surface area (Å²) in [5, 5.41) is 5.13. The van der Waals surface area contributed by atoms with Gasteiger partial charge in [-0.1, -0.05) is 24.3 Å². The summed E-state index contributed by atoms with van der Waals surface area (Å²) in [5.41, 5.74) is 2.40. The minimum absolute atomic E-state index is 0.0948. The molecule has 1 heterocycles. The smallest absolute Gasteiger partial charge is 0.408 e. The van der Waals surface area contributed by atoms with Crippen molar-refractivity contribution in [1.29, 1.82) is 0 Å². The molecule has 8 heteroatoms. The van der Waals surface area contributed by atoms with Crippen LogP contribution in [-0.4, -0.2) is 31.5 Å². The summed E-state index contributed by atoms with van der Waals surface area (Å²) in [5.74, 6) is -0.342. The highest BCUT2D eigenvalue weighted by molar-refractivity contribution is 7.89. The van der Waals surface area contributed by atoms with Gasteiger partial charge < -0.3 is 4.42 Å². The van der Waals surface area contributed by atoms with Gasteiger partial charge in [0, 0.05) is 19.1 Å². The number of fused-ring (bicyclic) bond motifs is 1. The Kier molecular flexibility index (Phi) is 5.50. The van der Waals surface area contributed by atoms with Gasteiger partial charge in [0.2, 0.25) is 10.0 Å². The molecule has 0 aliphatic heterocycles. The Labute approximate surface area is 158 Å². The molecule has 0 bridgehead atoms. The number of primary sulfonamides is 1. The lowest BCUT2D eigenvalue weighted by molar-refractivity contribution is 0.253. The molecule has 0 amide bonds. The van der Waals surface area contributed by atoms with E-state index >= 15 is 0 Å². The van der Waals surface area contributed by atoms with Crippen molar-refractivity contribution >= 4 is 21.1 Å². The molecule has 144 valence electrons. The second-order valence-corrected chi connectivity index (χ2v) is 8.17. The zero-order valence-electron chi connectivity index (χ0n) is 15.3. The number of aromatic nitrogens is 1. The third-order valence-corrected chi connectivity index (χ3v) is 5.75. The van der Waals surface area contributed by atoms with Crippen LogP contribution in [0, 0.1) is 0 Å². The van der Waals surface area contributed by atoms with Crippen LogP contribution in [-0.2, 0) is 16.6 Å². The molecule has 2 aromatic carbocycles. The van der Waals surface area contributed by atoms with E-state index in [1.807, 2.05) is 32.2 Å². The lowest BCUT2D eigenvalue weighted by atomic mass is 10.1. The molecule has 3 rings (SSSR count). The molecule has 0 saturated heterocycles. The van der Waals surface area contributed by atoms with Crippen molar-refractivity contribution < 1.29 is 12.8 Å². The molecule has 0 saturated carbocycles. The van der Waals surface area contributed by atoms with Crippen LogP contribution in [0.4, 0.5) is 0 Å². The quantitative estimate of drug-likeness (QED) is 0.669. The van der Waals surface area contributed by atoms with Crippen molar-refractivity contribution in [3.63, 3.8) is 0 Å². The van der Waals surface area contributed by atoms with Gasteiger partial charge in [-0.05, 0) is 50.2 Å². The van der Waals surface area contributed by atoms with E-state index in [9.17, 15) is 13.2 Å². The molecule has 27 heavy (non-hydrogen) atoms. The second-order valence-electron chi connectivity index (χ2n) is 6.61. The van der Waals surface area contributed by atoms with Crippen LogP contribution in [0.5, 0.6) is 0 Å². The number of nitrogens with two attached hydrogens (primary N) is 1. The summed E-state index contributed by atoms with van der Waals surface area (Å²) >= 11 is 0. The summed E-state index contributed by atoms with van der Waals surface area (Å²) in [6, 6.07) is 14.1. The van der Waals surface area contributed by atoms with Gasteiger partial charge in [-0.15, -0.1) is 0 Å². The average molecular weight is 389 g/mol. The van der Waals surface area contributed by atoms with Crippen LogP contribution >= 0.6 is 0 Å². The van der Waals surface area contributed by atoms with E-state index < -0.39 is 10.0 Å². The van der Waals surface area contributed by atoms with E-state index in [-0.39, 0.29) is 16.7 Å². The number of nitrogens with zero attached hydrogens (tertiary/aromatic N) is 2. The Morgan fingerprint density at radius 3 is 2.48 bits per heavy atom. The topological polar surface area (TPSA) is 98.5 Å². The lowest BCUT2D eigenvalue weighted by Gasteiger charge is -2.25. The number of hydrogen-bond acceptors (Lipinski definition) is 5. The first-order valence-corrected chi connectivity index (χ1v) is 10.2. The Morgan fingerprint density at radius 2 is 1.81 bits per heavy atom. The highest BCUT2D eigenvalue weighted by atomic mass is 32.2. The predicted molar refractivity (Wildman–Crippen MR) is 104 cm³/mol. The molecule has 7 nitrogen and oxygen atoms in total. The number of hydrogen-bond donors (Lipinski definition) is 1. The highest BCUT2D eigenvalue weighted by Gasteiger charge is 2.14. The van der Waals surface area contributed by atoms with Gasteiger partial charge in [0.15, 0.2) is 5.58 Å². The summed E-state index contributed by atoms with van der Waals surface area (Å²) in [6.07, 6.45) is 0.777. The van der Waals surface area contributed by atoms with Gasteiger partial charge in [0.05, 0.1) is 10.4 Å². The molecule has 0 fully saturated rings. The molecule has 1 atom stereocenters. The maximum atomic E-state index is 12.0. The molecule has 0 aliphatic carbocycles. The number of benzene rings is 2. The molecule has 2 N–H and O–H groups in total. The van der Waals surface area contributed by atoms with Crippen LogP contribution in [0.2, 0.25) is 0 Å². The second kappa shape index (κ2) is 7.67.